The quantitative estimate of drug-likeness (QED) is 0.694. The number of nitrogens with one attached hydrogen (secondary N) is 1. The van der Waals surface area contributed by atoms with E-state index in [0.717, 1.165) is 43.2 Å². The van der Waals surface area contributed by atoms with Gasteiger partial charge in [-0.1, -0.05) is 29.4 Å². The van der Waals surface area contributed by atoms with Gasteiger partial charge in [-0.2, -0.15) is 0 Å². The lowest BCUT2D eigenvalue weighted by molar-refractivity contribution is 0.128. The van der Waals surface area contributed by atoms with Crippen LogP contribution in [0.15, 0.2) is 53.6 Å². The zero-order valence-electron chi connectivity index (χ0n) is 16.6. The molecule has 0 unspecified atom stereocenters. The van der Waals surface area contributed by atoms with E-state index in [9.17, 15) is 4.79 Å². The average Bonchev–Trinajstić information content (AvgIpc) is 3.39. The van der Waals surface area contributed by atoms with Crippen molar-refractivity contribution in [1.29, 1.82) is 0 Å². The van der Waals surface area contributed by atoms with Crippen LogP contribution in [0.5, 0.6) is 0 Å². The number of benzene rings is 1. The van der Waals surface area contributed by atoms with Crippen LogP contribution >= 0.6 is 0 Å². The fourth-order valence-electron chi connectivity index (χ4n) is 3.54. The molecule has 0 atom stereocenters. The van der Waals surface area contributed by atoms with E-state index in [4.69, 9.17) is 4.52 Å². The summed E-state index contributed by atoms with van der Waals surface area (Å²) in [6, 6.07) is 10.2. The third kappa shape index (κ3) is 5.23. The Kier molecular flexibility index (Phi) is 5.90. The molecule has 0 saturated carbocycles. The number of hydrogen-bond acceptors (Lipinski definition) is 5. The fourth-order valence-corrected chi connectivity index (χ4v) is 3.54. The number of amides is 2. The number of carbonyl (C=O) groups excluding carboxylic acids is 1. The van der Waals surface area contributed by atoms with Gasteiger partial charge < -0.3 is 19.3 Å². The standard InChI is InChI=1S/C21H26N6O2/c1-17-11-20(29-24-17)15-25-7-9-27(10-8-25)21(28)23-13-18-3-2-4-19(12-18)14-26-6-5-22-16-26/h2-6,11-12,16H,7-10,13-15H2,1H3,(H,23,28). The molecule has 2 amide bonds. The lowest BCUT2D eigenvalue weighted by Gasteiger charge is -2.34. The van der Waals surface area contributed by atoms with Gasteiger partial charge in [0.05, 0.1) is 18.6 Å². The number of urea groups is 1. The van der Waals surface area contributed by atoms with E-state index in [1.54, 1.807) is 12.5 Å². The molecular weight excluding hydrogens is 368 g/mol. The minimum absolute atomic E-state index is 0.0137. The minimum atomic E-state index is -0.0137. The van der Waals surface area contributed by atoms with E-state index >= 15 is 0 Å². The predicted octanol–water partition coefficient (Wildman–Crippen LogP) is 2.26. The molecule has 0 aliphatic carbocycles. The Balaban J connectivity index is 1.23. The van der Waals surface area contributed by atoms with E-state index in [2.05, 4.69) is 32.5 Å². The summed E-state index contributed by atoms with van der Waals surface area (Å²) in [5, 5.41) is 6.97. The predicted molar refractivity (Wildman–Crippen MR) is 108 cm³/mol. The van der Waals surface area contributed by atoms with Crippen molar-refractivity contribution in [3.05, 3.63) is 71.6 Å². The van der Waals surface area contributed by atoms with Gasteiger partial charge in [-0.3, -0.25) is 4.90 Å². The second kappa shape index (κ2) is 8.91. The van der Waals surface area contributed by atoms with Gasteiger partial charge in [0, 0.05) is 57.7 Å². The fraction of sp³-hybridized carbons (Fsp3) is 0.381. The molecule has 2 aromatic heterocycles. The number of nitrogens with zero attached hydrogens (tertiary/aromatic N) is 5. The van der Waals surface area contributed by atoms with E-state index in [-0.39, 0.29) is 6.03 Å². The molecule has 3 heterocycles. The summed E-state index contributed by atoms with van der Waals surface area (Å²) in [6.45, 7) is 7.02. The molecule has 1 aliphatic heterocycles. The van der Waals surface area contributed by atoms with E-state index < -0.39 is 0 Å². The molecule has 29 heavy (non-hydrogen) atoms. The molecule has 4 rings (SSSR count). The van der Waals surface area contributed by atoms with Crippen molar-refractivity contribution in [3.8, 4) is 0 Å². The number of aromatic nitrogens is 3. The first kappa shape index (κ1) is 19.2. The Hall–Kier alpha value is -3.13. The smallest absolute Gasteiger partial charge is 0.317 e. The summed E-state index contributed by atoms with van der Waals surface area (Å²) in [6.07, 6.45) is 5.52. The van der Waals surface area contributed by atoms with E-state index in [0.29, 0.717) is 19.6 Å². The number of hydrogen-bond donors (Lipinski definition) is 1. The summed E-state index contributed by atoms with van der Waals surface area (Å²) < 4.78 is 7.31. The second-order valence-corrected chi connectivity index (χ2v) is 7.41. The second-order valence-electron chi connectivity index (χ2n) is 7.41. The highest BCUT2D eigenvalue weighted by Crippen LogP contribution is 2.11. The Morgan fingerprint density at radius 3 is 2.69 bits per heavy atom. The average molecular weight is 394 g/mol. The van der Waals surface area contributed by atoms with Crippen LogP contribution < -0.4 is 5.32 Å². The topological polar surface area (TPSA) is 79.4 Å². The third-order valence-corrected chi connectivity index (χ3v) is 5.08. The van der Waals surface area contributed by atoms with Crippen LogP contribution in [0.4, 0.5) is 4.79 Å². The summed E-state index contributed by atoms with van der Waals surface area (Å²) in [4.78, 5) is 20.8. The summed E-state index contributed by atoms with van der Waals surface area (Å²) in [7, 11) is 0. The van der Waals surface area contributed by atoms with Crippen LogP contribution in [0.2, 0.25) is 0 Å². The monoisotopic (exact) mass is 394 g/mol. The van der Waals surface area contributed by atoms with E-state index in [1.807, 2.05) is 40.8 Å². The van der Waals surface area contributed by atoms with Crippen molar-refractivity contribution < 1.29 is 9.32 Å². The first-order chi connectivity index (χ1) is 14.2. The molecule has 152 valence electrons. The van der Waals surface area contributed by atoms with Crippen molar-refractivity contribution in [3.63, 3.8) is 0 Å². The third-order valence-electron chi connectivity index (χ3n) is 5.08. The van der Waals surface area contributed by atoms with Crippen molar-refractivity contribution >= 4 is 6.03 Å². The molecule has 0 bridgehead atoms. The van der Waals surface area contributed by atoms with Crippen LogP contribution in [-0.4, -0.2) is 56.7 Å². The maximum absolute atomic E-state index is 12.5. The Morgan fingerprint density at radius 1 is 1.14 bits per heavy atom. The van der Waals surface area contributed by atoms with Crippen LogP contribution in [0.3, 0.4) is 0 Å². The normalized spacial score (nSPS) is 14.9. The Bertz CT molecular complexity index is 928. The number of aryl methyl sites for hydroxylation is 1. The largest absolute Gasteiger partial charge is 0.360 e. The number of piperazine rings is 1. The van der Waals surface area contributed by atoms with Gasteiger partial charge in [0.25, 0.3) is 0 Å². The van der Waals surface area contributed by atoms with Gasteiger partial charge in [0.1, 0.15) is 0 Å². The zero-order chi connectivity index (χ0) is 20.1. The Labute approximate surface area is 170 Å². The van der Waals surface area contributed by atoms with Gasteiger partial charge in [-0.25, -0.2) is 9.78 Å². The Morgan fingerprint density at radius 2 is 1.97 bits per heavy atom. The molecule has 8 heteroatoms. The van der Waals surface area contributed by atoms with Crippen LogP contribution in [0.25, 0.3) is 0 Å². The molecule has 3 aromatic rings. The number of rotatable bonds is 6. The van der Waals surface area contributed by atoms with Crippen molar-refractivity contribution in [2.45, 2.75) is 26.6 Å². The van der Waals surface area contributed by atoms with Crippen molar-refractivity contribution in [2.75, 3.05) is 26.2 Å². The van der Waals surface area contributed by atoms with Gasteiger partial charge in [0.15, 0.2) is 5.76 Å². The lowest BCUT2D eigenvalue weighted by Crippen LogP contribution is -2.51. The molecule has 1 aromatic carbocycles. The van der Waals surface area contributed by atoms with Gasteiger partial charge >= 0.3 is 6.03 Å². The highest BCUT2D eigenvalue weighted by Gasteiger charge is 2.21. The molecular formula is C21H26N6O2. The van der Waals surface area contributed by atoms with Crippen molar-refractivity contribution in [1.82, 2.24) is 29.8 Å². The lowest BCUT2D eigenvalue weighted by atomic mass is 10.1. The molecule has 8 nitrogen and oxygen atoms in total. The van der Waals surface area contributed by atoms with Crippen LogP contribution in [0, 0.1) is 6.92 Å². The summed E-state index contributed by atoms with van der Waals surface area (Å²) in [5.41, 5.74) is 3.17. The first-order valence-corrected chi connectivity index (χ1v) is 9.86. The molecule has 1 fully saturated rings. The van der Waals surface area contributed by atoms with E-state index in [1.165, 1.54) is 5.56 Å². The van der Waals surface area contributed by atoms with Crippen LogP contribution in [-0.2, 0) is 19.6 Å². The highest BCUT2D eigenvalue weighted by molar-refractivity contribution is 5.74. The van der Waals surface area contributed by atoms with Crippen LogP contribution in [0.1, 0.15) is 22.6 Å². The maximum atomic E-state index is 12.5. The first-order valence-electron chi connectivity index (χ1n) is 9.86. The highest BCUT2D eigenvalue weighted by atomic mass is 16.5. The number of carbonyl (C=O) groups is 1. The molecule has 1 N–H and O–H groups in total. The molecule has 0 spiro atoms. The minimum Gasteiger partial charge on any atom is -0.360 e. The van der Waals surface area contributed by atoms with Gasteiger partial charge in [0.2, 0.25) is 0 Å². The summed E-state index contributed by atoms with van der Waals surface area (Å²) >= 11 is 0. The molecule has 0 radical (unpaired) electrons. The van der Waals surface area contributed by atoms with Crippen molar-refractivity contribution in [2.24, 2.45) is 0 Å². The molecule has 1 saturated heterocycles. The zero-order valence-corrected chi connectivity index (χ0v) is 16.6. The van der Waals surface area contributed by atoms with Gasteiger partial charge in [-0.05, 0) is 18.1 Å². The molecule has 1 aliphatic rings. The summed E-state index contributed by atoms with van der Waals surface area (Å²) in [5.74, 6) is 0.871. The number of imidazole rings is 1. The van der Waals surface area contributed by atoms with Gasteiger partial charge in [-0.15, -0.1) is 0 Å². The maximum Gasteiger partial charge on any atom is 0.317 e. The SMILES string of the molecule is Cc1cc(CN2CCN(C(=O)NCc3cccc(Cn4ccnc4)c3)CC2)on1.